The van der Waals surface area contributed by atoms with E-state index in [-0.39, 0.29) is 18.1 Å². The van der Waals surface area contributed by atoms with E-state index in [0.29, 0.717) is 19.6 Å². The van der Waals surface area contributed by atoms with Crippen LogP contribution in [0.5, 0.6) is 0 Å². The number of hydrogen-bond acceptors (Lipinski definition) is 5. The van der Waals surface area contributed by atoms with E-state index in [9.17, 15) is 4.79 Å². The molecule has 0 saturated heterocycles. The Morgan fingerprint density at radius 1 is 0.891 bits per heavy atom. The number of esters is 1. The number of benzene rings is 1. The second kappa shape index (κ2) is 24.3. The van der Waals surface area contributed by atoms with Crippen molar-refractivity contribution in [2.75, 3.05) is 33.4 Å². The van der Waals surface area contributed by atoms with E-state index in [2.05, 4.69) is 79.6 Å². The van der Waals surface area contributed by atoms with E-state index >= 15 is 0 Å². The van der Waals surface area contributed by atoms with Gasteiger partial charge in [-0.05, 0) is 81.8 Å². The quantitative estimate of drug-likeness (QED) is 0.0840. The van der Waals surface area contributed by atoms with E-state index in [1.54, 1.807) is 0 Å². The first-order chi connectivity index (χ1) is 22.7. The summed E-state index contributed by atoms with van der Waals surface area (Å²) in [5.41, 5.74) is 2.40. The second-order valence-corrected chi connectivity index (χ2v) is 12.8. The first-order valence-corrected chi connectivity index (χ1v) is 18.2. The monoisotopic (exact) mass is 631 g/mol. The van der Waals surface area contributed by atoms with Crippen molar-refractivity contribution in [3.63, 3.8) is 0 Å². The van der Waals surface area contributed by atoms with Gasteiger partial charge in [-0.1, -0.05) is 131 Å². The number of ether oxygens (including phenoxy) is 3. The highest BCUT2D eigenvalue weighted by atomic mass is 16.5. The largest absolute Gasteiger partial charge is 0.494 e. The summed E-state index contributed by atoms with van der Waals surface area (Å²) in [6.45, 7) is 5.08. The fraction of sp³-hybridized carbons (Fsp3) is 0.585. The molecule has 3 rings (SSSR count). The first-order valence-electron chi connectivity index (χ1n) is 18.2. The second-order valence-electron chi connectivity index (χ2n) is 12.8. The van der Waals surface area contributed by atoms with Gasteiger partial charge in [0.1, 0.15) is 11.8 Å². The molecule has 0 fully saturated rings. The standard InChI is InChI=1S/C41H61NO4/c1-3-4-5-6-11-19-31-42(2)40(34-36-23-17-14-18-24-36)41(43)45-33-21-13-8-7-12-20-32-44-38-27-22-28-39(30-29-38)46-35-37-25-15-9-10-16-26-37/h9,14-18,23-27,29-30,39-40H,3-8,10-13,19-22,28,31-35H2,1-2H3/t39?,40-/m0/s1. The Balaban J connectivity index is 1.23. The maximum atomic E-state index is 13.1. The van der Waals surface area contributed by atoms with Crippen molar-refractivity contribution in [2.45, 2.75) is 122 Å². The number of carbonyl (C=O) groups excluding carboxylic acids is 1. The van der Waals surface area contributed by atoms with Crippen LogP contribution in [0.1, 0.15) is 109 Å². The minimum atomic E-state index is -0.228. The van der Waals surface area contributed by atoms with E-state index in [1.165, 1.54) is 49.7 Å². The lowest BCUT2D eigenvalue weighted by atomic mass is 10.0. The van der Waals surface area contributed by atoms with Crippen LogP contribution < -0.4 is 0 Å². The molecule has 46 heavy (non-hydrogen) atoms. The highest BCUT2D eigenvalue weighted by Gasteiger charge is 2.25. The molecule has 0 bridgehead atoms. The Hall–Kier alpha value is -2.89. The summed E-state index contributed by atoms with van der Waals surface area (Å²) in [6, 6.07) is 10.1. The van der Waals surface area contributed by atoms with Crippen molar-refractivity contribution in [1.29, 1.82) is 0 Å². The van der Waals surface area contributed by atoms with Crippen molar-refractivity contribution in [3.8, 4) is 0 Å². The molecule has 2 aliphatic carbocycles. The summed E-state index contributed by atoms with van der Waals surface area (Å²) >= 11 is 0. The van der Waals surface area contributed by atoms with Gasteiger partial charge in [0.05, 0.1) is 25.9 Å². The highest BCUT2D eigenvalue weighted by molar-refractivity contribution is 5.76. The fourth-order valence-corrected chi connectivity index (χ4v) is 5.85. The van der Waals surface area contributed by atoms with Gasteiger partial charge in [-0.25, -0.2) is 0 Å². The van der Waals surface area contributed by atoms with E-state index in [0.717, 1.165) is 76.7 Å². The van der Waals surface area contributed by atoms with E-state index < -0.39 is 0 Å². The molecule has 2 aliphatic rings. The average molecular weight is 632 g/mol. The molecule has 1 aromatic rings. The third-order valence-electron chi connectivity index (χ3n) is 8.78. The van der Waals surface area contributed by atoms with Gasteiger partial charge in [-0.3, -0.25) is 9.69 Å². The van der Waals surface area contributed by atoms with E-state index in [1.807, 2.05) is 18.2 Å². The van der Waals surface area contributed by atoms with Gasteiger partial charge in [-0.15, -0.1) is 0 Å². The molecule has 1 unspecified atom stereocenters. The van der Waals surface area contributed by atoms with Gasteiger partial charge in [0.15, 0.2) is 0 Å². The predicted octanol–water partition coefficient (Wildman–Crippen LogP) is 9.85. The van der Waals surface area contributed by atoms with Gasteiger partial charge in [0.25, 0.3) is 0 Å². The van der Waals surface area contributed by atoms with Crippen molar-refractivity contribution < 1.29 is 19.0 Å². The molecule has 0 aliphatic heterocycles. The zero-order valence-corrected chi connectivity index (χ0v) is 28.9. The fourth-order valence-electron chi connectivity index (χ4n) is 5.85. The molecular formula is C41H61NO4. The number of carbonyl (C=O) groups is 1. The molecule has 2 atom stereocenters. The first kappa shape index (κ1) is 37.6. The zero-order valence-electron chi connectivity index (χ0n) is 28.9. The Kier molecular flexibility index (Phi) is 19.9. The predicted molar refractivity (Wildman–Crippen MR) is 192 cm³/mol. The minimum absolute atomic E-state index is 0.0826. The summed E-state index contributed by atoms with van der Waals surface area (Å²) in [4.78, 5) is 15.4. The van der Waals surface area contributed by atoms with Crippen LogP contribution in [0.25, 0.3) is 0 Å². The van der Waals surface area contributed by atoms with Gasteiger partial charge in [0, 0.05) is 0 Å². The van der Waals surface area contributed by atoms with Gasteiger partial charge in [-0.2, -0.15) is 0 Å². The molecular weight excluding hydrogens is 570 g/mol. The summed E-state index contributed by atoms with van der Waals surface area (Å²) < 4.78 is 18.0. The number of rotatable bonds is 24. The van der Waals surface area contributed by atoms with E-state index in [4.69, 9.17) is 14.2 Å². The molecule has 0 saturated carbocycles. The lowest BCUT2D eigenvalue weighted by Gasteiger charge is -2.26. The Morgan fingerprint density at radius 3 is 2.43 bits per heavy atom. The smallest absolute Gasteiger partial charge is 0.323 e. The topological polar surface area (TPSA) is 48.0 Å². The normalized spacial score (nSPS) is 16.9. The minimum Gasteiger partial charge on any atom is -0.494 e. The molecule has 254 valence electrons. The van der Waals surface area contributed by atoms with Crippen LogP contribution in [0.4, 0.5) is 0 Å². The molecule has 0 amide bonds. The number of nitrogens with zero attached hydrogens (tertiary/aromatic N) is 1. The SMILES string of the molecule is CCCCCCCCN(C)[C@@H](Cc1ccccc1)C(=O)OCCCCCCCCOC1=CCCC(OCC2=CC=CCC=C2)C=C1. The maximum absolute atomic E-state index is 13.1. The number of hydrogen-bond donors (Lipinski definition) is 0. The molecule has 0 radical (unpaired) electrons. The van der Waals surface area contributed by atoms with Crippen molar-refractivity contribution in [1.82, 2.24) is 4.90 Å². The van der Waals surface area contributed by atoms with Gasteiger partial charge >= 0.3 is 5.97 Å². The molecule has 5 nitrogen and oxygen atoms in total. The maximum Gasteiger partial charge on any atom is 0.323 e. The Labute approximate surface area is 280 Å². The molecule has 1 aromatic carbocycles. The van der Waals surface area contributed by atoms with Gasteiger partial charge in [0.2, 0.25) is 0 Å². The van der Waals surface area contributed by atoms with Crippen LogP contribution in [-0.2, 0) is 25.4 Å². The van der Waals surface area contributed by atoms with Crippen LogP contribution >= 0.6 is 0 Å². The summed E-state index contributed by atoms with van der Waals surface area (Å²) in [7, 11) is 2.08. The van der Waals surface area contributed by atoms with Crippen molar-refractivity contribution in [3.05, 3.63) is 95.8 Å². The van der Waals surface area contributed by atoms with Crippen molar-refractivity contribution >= 4 is 5.97 Å². The van der Waals surface area contributed by atoms with Crippen LogP contribution in [0.2, 0.25) is 0 Å². The molecule has 0 aromatic heterocycles. The molecule has 0 heterocycles. The van der Waals surface area contributed by atoms with Crippen LogP contribution in [-0.4, -0.2) is 56.4 Å². The lowest BCUT2D eigenvalue weighted by Crippen LogP contribution is -2.42. The summed E-state index contributed by atoms with van der Waals surface area (Å²) in [5.74, 6) is 0.883. The third-order valence-corrected chi connectivity index (χ3v) is 8.78. The average Bonchev–Trinajstić information content (AvgIpc) is 3.48. The zero-order chi connectivity index (χ0) is 32.5. The highest BCUT2D eigenvalue weighted by Crippen LogP contribution is 2.18. The number of allylic oxidation sites excluding steroid dienone is 6. The number of unbranched alkanes of at least 4 members (excludes halogenated alkanes) is 10. The third kappa shape index (κ3) is 16.6. The lowest BCUT2D eigenvalue weighted by molar-refractivity contribution is -0.149. The van der Waals surface area contributed by atoms with Gasteiger partial charge < -0.3 is 14.2 Å². The molecule has 0 spiro atoms. The summed E-state index contributed by atoms with van der Waals surface area (Å²) in [6.07, 6.45) is 35.0. The van der Waals surface area contributed by atoms with Crippen molar-refractivity contribution in [2.24, 2.45) is 0 Å². The Morgan fingerprint density at radius 2 is 1.63 bits per heavy atom. The number of likely N-dealkylation sites (N-methyl/N-ethyl adjacent to an activating group) is 1. The van der Waals surface area contributed by atoms with Crippen LogP contribution in [0.3, 0.4) is 0 Å². The molecule has 5 heteroatoms. The van der Waals surface area contributed by atoms with Crippen LogP contribution in [0.15, 0.2) is 90.3 Å². The van der Waals surface area contributed by atoms with Crippen LogP contribution in [0, 0.1) is 0 Å². The molecule has 0 N–H and O–H groups in total. The Bertz CT molecular complexity index is 1100. The summed E-state index contributed by atoms with van der Waals surface area (Å²) in [5, 5.41) is 0.